The monoisotopic (exact) mass is 274 g/mol. The molecule has 1 aliphatic carbocycles. The van der Waals surface area contributed by atoms with Crippen LogP contribution in [0.1, 0.15) is 45.1 Å². The lowest BCUT2D eigenvalue weighted by atomic mass is 9.82. The molecule has 3 heteroatoms. The third-order valence-electron chi connectivity index (χ3n) is 4.19. The van der Waals surface area contributed by atoms with Crippen LogP contribution in [0.2, 0.25) is 0 Å². The maximum absolute atomic E-state index is 11.2. The van der Waals surface area contributed by atoms with Gasteiger partial charge in [0.2, 0.25) is 5.91 Å². The highest BCUT2D eigenvalue weighted by molar-refractivity contribution is 5.90. The van der Waals surface area contributed by atoms with E-state index in [4.69, 9.17) is 0 Å². The van der Waals surface area contributed by atoms with Crippen molar-refractivity contribution >= 4 is 17.3 Å². The average Bonchev–Trinajstić information content (AvgIpc) is 2.39. The predicted octanol–water partition coefficient (Wildman–Crippen LogP) is 4.19. The van der Waals surface area contributed by atoms with E-state index in [2.05, 4.69) is 29.7 Å². The summed E-state index contributed by atoms with van der Waals surface area (Å²) in [5.41, 5.74) is 3.09. The van der Waals surface area contributed by atoms with Crippen LogP contribution in [-0.2, 0) is 4.79 Å². The molecular weight excluding hydrogens is 248 g/mol. The Morgan fingerprint density at radius 1 is 1.35 bits per heavy atom. The Balaban J connectivity index is 1.93. The molecule has 1 aromatic rings. The average molecular weight is 274 g/mol. The number of hydrogen-bond acceptors (Lipinski definition) is 2. The van der Waals surface area contributed by atoms with Crippen LogP contribution in [0.15, 0.2) is 18.2 Å². The number of carbonyl (C=O) groups is 1. The lowest BCUT2D eigenvalue weighted by molar-refractivity contribution is -0.114. The quantitative estimate of drug-likeness (QED) is 0.864. The number of anilines is 2. The second-order valence-electron chi connectivity index (χ2n) is 6.23. The number of carbonyl (C=O) groups excluding carboxylic acids is 1. The SMILES string of the molecule is CC(=O)Nc1cc(NCC2CCCC(C)C2)ccc1C. The second kappa shape index (κ2) is 6.78. The van der Waals surface area contributed by atoms with Crippen molar-refractivity contribution in [3.05, 3.63) is 23.8 Å². The molecule has 20 heavy (non-hydrogen) atoms. The van der Waals surface area contributed by atoms with Gasteiger partial charge < -0.3 is 10.6 Å². The highest BCUT2D eigenvalue weighted by Gasteiger charge is 2.18. The van der Waals surface area contributed by atoms with Gasteiger partial charge in [-0.05, 0) is 49.3 Å². The number of hydrogen-bond donors (Lipinski definition) is 2. The number of rotatable bonds is 4. The zero-order chi connectivity index (χ0) is 14.5. The van der Waals surface area contributed by atoms with Crippen molar-refractivity contribution in [2.75, 3.05) is 17.2 Å². The molecule has 1 saturated carbocycles. The molecule has 0 heterocycles. The van der Waals surface area contributed by atoms with Gasteiger partial charge in [0.25, 0.3) is 0 Å². The lowest BCUT2D eigenvalue weighted by Gasteiger charge is -2.27. The van der Waals surface area contributed by atoms with Crippen molar-refractivity contribution in [1.29, 1.82) is 0 Å². The van der Waals surface area contributed by atoms with Crippen LogP contribution in [0.5, 0.6) is 0 Å². The molecule has 1 aliphatic rings. The maximum atomic E-state index is 11.2. The molecule has 0 radical (unpaired) electrons. The largest absolute Gasteiger partial charge is 0.385 e. The molecule has 0 bridgehead atoms. The standard InChI is InChI=1S/C17H26N2O/c1-12-5-4-6-15(9-12)11-18-16-8-7-13(2)17(10-16)19-14(3)20/h7-8,10,12,15,18H,4-6,9,11H2,1-3H3,(H,19,20). The van der Waals surface area contributed by atoms with Gasteiger partial charge in [0, 0.05) is 24.8 Å². The first kappa shape index (κ1) is 14.9. The number of benzene rings is 1. The van der Waals surface area contributed by atoms with Gasteiger partial charge in [-0.3, -0.25) is 4.79 Å². The number of aryl methyl sites for hydroxylation is 1. The molecule has 2 atom stereocenters. The van der Waals surface area contributed by atoms with Crippen molar-refractivity contribution in [3.63, 3.8) is 0 Å². The summed E-state index contributed by atoms with van der Waals surface area (Å²) in [5, 5.41) is 6.40. The Morgan fingerprint density at radius 2 is 2.15 bits per heavy atom. The third-order valence-corrected chi connectivity index (χ3v) is 4.19. The summed E-state index contributed by atoms with van der Waals surface area (Å²) in [4.78, 5) is 11.2. The van der Waals surface area contributed by atoms with E-state index in [1.807, 2.05) is 13.0 Å². The minimum absolute atomic E-state index is 0.0219. The molecule has 0 aromatic heterocycles. The van der Waals surface area contributed by atoms with E-state index in [0.717, 1.165) is 35.3 Å². The van der Waals surface area contributed by atoms with Crippen LogP contribution in [0.3, 0.4) is 0 Å². The van der Waals surface area contributed by atoms with Gasteiger partial charge in [-0.1, -0.05) is 25.8 Å². The predicted molar refractivity (Wildman–Crippen MR) is 85.1 cm³/mol. The van der Waals surface area contributed by atoms with Gasteiger partial charge >= 0.3 is 0 Å². The molecule has 2 N–H and O–H groups in total. The Bertz CT molecular complexity index is 470. The highest BCUT2D eigenvalue weighted by Crippen LogP contribution is 2.29. The fourth-order valence-electron chi connectivity index (χ4n) is 3.06. The van der Waals surface area contributed by atoms with Crippen LogP contribution in [0.4, 0.5) is 11.4 Å². The topological polar surface area (TPSA) is 41.1 Å². The highest BCUT2D eigenvalue weighted by atomic mass is 16.1. The van der Waals surface area contributed by atoms with Crippen molar-refractivity contribution in [2.45, 2.75) is 46.5 Å². The summed E-state index contributed by atoms with van der Waals surface area (Å²) in [6.07, 6.45) is 5.41. The Labute approximate surface area is 122 Å². The maximum Gasteiger partial charge on any atom is 0.221 e. The Hall–Kier alpha value is -1.51. The molecule has 1 fully saturated rings. The van der Waals surface area contributed by atoms with E-state index >= 15 is 0 Å². The van der Waals surface area contributed by atoms with Crippen LogP contribution < -0.4 is 10.6 Å². The number of nitrogens with one attached hydrogen (secondary N) is 2. The lowest BCUT2D eigenvalue weighted by Crippen LogP contribution is -2.21. The van der Waals surface area contributed by atoms with E-state index in [1.165, 1.54) is 25.7 Å². The summed E-state index contributed by atoms with van der Waals surface area (Å²) >= 11 is 0. The molecular formula is C17H26N2O. The summed E-state index contributed by atoms with van der Waals surface area (Å²) < 4.78 is 0. The van der Waals surface area contributed by atoms with Crippen molar-refractivity contribution in [1.82, 2.24) is 0 Å². The van der Waals surface area contributed by atoms with Crippen molar-refractivity contribution in [2.24, 2.45) is 11.8 Å². The Morgan fingerprint density at radius 3 is 2.85 bits per heavy atom. The first-order chi connectivity index (χ1) is 9.54. The van der Waals surface area contributed by atoms with Crippen LogP contribution in [-0.4, -0.2) is 12.5 Å². The fourth-order valence-corrected chi connectivity index (χ4v) is 3.06. The van der Waals surface area contributed by atoms with E-state index in [1.54, 1.807) is 6.92 Å². The van der Waals surface area contributed by atoms with Gasteiger partial charge in [0.15, 0.2) is 0 Å². The normalized spacial score (nSPS) is 22.4. The minimum Gasteiger partial charge on any atom is -0.385 e. The van der Waals surface area contributed by atoms with Gasteiger partial charge in [0.05, 0.1) is 0 Å². The third kappa shape index (κ3) is 4.26. The fraction of sp³-hybridized carbons (Fsp3) is 0.588. The molecule has 3 nitrogen and oxygen atoms in total. The molecule has 1 aromatic carbocycles. The van der Waals surface area contributed by atoms with E-state index in [0.29, 0.717) is 0 Å². The Kier molecular flexibility index (Phi) is 5.05. The van der Waals surface area contributed by atoms with Gasteiger partial charge in [-0.15, -0.1) is 0 Å². The first-order valence-corrected chi connectivity index (χ1v) is 7.66. The smallest absolute Gasteiger partial charge is 0.221 e. The van der Waals surface area contributed by atoms with Crippen LogP contribution >= 0.6 is 0 Å². The number of amides is 1. The van der Waals surface area contributed by atoms with Crippen molar-refractivity contribution < 1.29 is 4.79 Å². The summed E-state index contributed by atoms with van der Waals surface area (Å²) in [7, 11) is 0. The molecule has 1 amide bonds. The molecule has 0 aliphatic heterocycles. The molecule has 2 unspecified atom stereocenters. The summed E-state index contributed by atoms with van der Waals surface area (Å²) in [5.74, 6) is 1.62. The molecule has 2 rings (SSSR count). The van der Waals surface area contributed by atoms with Crippen molar-refractivity contribution in [3.8, 4) is 0 Å². The summed E-state index contributed by atoms with van der Waals surface area (Å²) in [6.45, 7) is 6.95. The minimum atomic E-state index is -0.0219. The van der Waals surface area contributed by atoms with Crippen LogP contribution in [0.25, 0.3) is 0 Å². The second-order valence-corrected chi connectivity index (χ2v) is 6.23. The van der Waals surface area contributed by atoms with Gasteiger partial charge in [-0.25, -0.2) is 0 Å². The van der Waals surface area contributed by atoms with E-state index in [-0.39, 0.29) is 5.91 Å². The van der Waals surface area contributed by atoms with Gasteiger partial charge in [-0.2, -0.15) is 0 Å². The molecule has 110 valence electrons. The van der Waals surface area contributed by atoms with E-state index in [9.17, 15) is 4.79 Å². The van der Waals surface area contributed by atoms with Gasteiger partial charge in [0.1, 0.15) is 0 Å². The summed E-state index contributed by atoms with van der Waals surface area (Å²) in [6, 6.07) is 6.17. The zero-order valence-electron chi connectivity index (χ0n) is 12.8. The molecule has 0 saturated heterocycles. The zero-order valence-corrected chi connectivity index (χ0v) is 12.8. The molecule has 0 spiro atoms. The van der Waals surface area contributed by atoms with Crippen LogP contribution in [0, 0.1) is 18.8 Å². The first-order valence-electron chi connectivity index (χ1n) is 7.66. The van der Waals surface area contributed by atoms with E-state index < -0.39 is 0 Å².